The van der Waals surface area contributed by atoms with E-state index in [-0.39, 0.29) is 12.6 Å². The van der Waals surface area contributed by atoms with Crippen LogP contribution >= 0.6 is 0 Å². The van der Waals surface area contributed by atoms with Gasteiger partial charge in [0.05, 0.1) is 11.1 Å². The summed E-state index contributed by atoms with van der Waals surface area (Å²) >= 11 is 0. The molecular weight excluding hydrogens is 288 g/mol. The summed E-state index contributed by atoms with van der Waals surface area (Å²) < 4.78 is 80.7. The second-order valence-corrected chi connectivity index (χ2v) is 4.81. The van der Waals surface area contributed by atoms with Crippen molar-refractivity contribution >= 4 is 0 Å². The first kappa shape index (κ1) is 16.6. The number of hydrogen-bond acceptors (Lipinski definition) is 2. The minimum Gasteiger partial charge on any atom is -0.487 e. The third-order valence-electron chi connectivity index (χ3n) is 2.45. The molecule has 1 aromatic carbocycles. The van der Waals surface area contributed by atoms with E-state index in [0.717, 1.165) is 0 Å². The predicted octanol–water partition coefficient (Wildman–Crippen LogP) is 3.84. The Balaban J connectivity index is 3.32. The molecule has 0 aliphatic rings. The molecule has 20 heavy (non-hydrogen) atoms. The highest BCUT2D eigenvalue weighted by Crippen LogP contribution is 2.38. The van der Waals surface area contributed by atoms with Gasteiger partial charge < -0.3 is 10.5 Å². The van der Waals surface area contributed by atoms with Crippen molar-refractivity contribution in [1.82, 2.24) is 0 Å². The van der Waals surface area contributed by atoms with E-state index in [0.29, 0.717) is 12.1 Å². The molecule has 0 spiro atoms. The molecule has 2 nitrogen and oxygen atoms in total. The first-order valence-corrected chi connectivity index (χ1v) is 5.54. The number of nitrogens with two attached hydrogens (primary N) is 1. The van der Waals surface area contributed by atoms with E-state index in [1.165, 1.54) is 13.8 Å². The predicted molar refractivity (Wildman–Crippen MR) is 60.2 cm³/mol. The van der Waals surface area contributed by atoms with Crippen molar-refractivity contribution in [1.29, 1.82) is 0 Å². The van der Waals surface area contributed by atoms with Crippen molar-refractivity contribution in [2.45, 2.75) is 31.8 Å². The van der Waals surface area contributed by atoms with E-state index in [2.05, 4.69) is 0 Å². The zero-order valence-corrected chi connectivity index (χ0v) is 10.7. The molecule has 0 aliphatic heterocycles. The summed E-state index contributed by atoms with van der Waals surface area (Å²) in [6.07, 6.45) is -9.79. The van der Waals surface area contributed by atoms with E-state index in [9.17, 15) is 26.3 Å². The third kappa shape index (κ3) is 4.29. The first-order chi connectivity index (χ1) is 8.85. The van der Waals surface area contributed by atoms with Crippen LogP contribution in [-0.4, -0.2) is 12.1 Å². The molecule has 2 N–H and O–H groups in total. The van der Waals surface area contributed by atoms with E-state index in [4.69, 9.17) is 10.5 Å². The quantitative estimate of drug-likeness (QED) is 0.861. The molecule has 0 aromatic heterocycles. The van der Waals surface area contributed by atoms with Crippen LogP contribution in [0, 0.1) is 0 Å². The molecule has 0 bridgehead atoms. The maximum absolute atomic E-state index is 12.6. The Morgan fingerprint density at radius 1 is 0.900 bits per heavy atom. The monoisotopic (exact) mass is 301 g/mol. The number of hydrogen-bond donors (Lipinski definition) is 1. The third-order valence-corrected chi connectivity index (χ3v) is 2.45. The summed E-state index contributed by atoms with van der Waals surface area (Å²) in [5.74, 6) is -0.525. The Morgan fingerprint density at radius 2 is 1.30 bits per heavy atom. The SMILES string of the molecule is CC(C)(CN)Oc1cc(C(F)(F)F)cc(C(F)(F)F)c1. The number of benzene rings is 1. The van der Waals surface area contributed by atoms with Crippen molar-refractivity contribution in [3.63, 3.8) is 0 Å². The zero-order chi connectivity index (χ0) is 15.8. The fourth-order valence-electron chi connectivity index (χ4n) is 1.35. The maximum Gasteiger partial charge on any atom is 0.416 e. The molecular formula is C12H13F6NO. The van der Waals surface area contributed by atoms with Crippen molar-refractivity contribution in [3.05, 3.63) is 29.3 Å². The van der Waals surface area contributed by atoms with Crippen molar-refractivity contribution in [3.8, 4) is 5.75 Å². The number of alkyl halides is 6. The lowest BCUT2D eigenvalue weighted by Crippen LogP contribution is -2.37. The smallest absolute Gasteiger partial charge is 0.416 e. The molecule has 0 aliphatic carbocycles. The van der Waals surface area contributed by atoms with E-state index >= 15 is 0 Å². The molecule has 8 heteroatoms. The van der Waals surface area contributed by atoms with Crippen LogP contribution in [0.2, 0.25) is 0 Å². The van der Waals surface area contributed by atoms with Gasteiger partial charge in [-0.15, -0.1) is 0 Å². The topological polar surface area (TPSA) is 35.2 Å². The highest BCUT2D eigenvalue weighted by atomic mass is 19.4. The van der Waals surface area contributed by atoms with Gasteiger partial charge in [0.2, 0.25) is 0 Å². The van der Waals surface area contributed by atoms with E-state index < -0.39 is 34.8 Å². The Bertz CT molecular complexity index is 446. The summed E-state index contributed by atoms with van der Waals surface area (Å²) in [6, 6.07) is 1.08. The van der Waals surface area contributed by atoms with Crippen molar-refractivity contribution < 1.29 is 31.1 Å². The van der Waals surface area contributed by atoms with Crippen LogP contribution in [0.4, 0.5) is 26.3 Å². The largest absolute Gasteiger partial charge is 0.487 e. The van der Waals surface area contributed by atoms with Crippen molar-refractivity contribution in [2.75, 3.05) is 6.54 Å². The van der Waals surface area contributed by atoms with E-state index in [1.54, 1.807) is 0 Å². The van der Waals surface area contributed by atoms with Crippen LogP contribution in [-0.2, 0) is 12.4 Å². The van der Waals surface area contributed by atoms with Gasteiger partial charge in [-0.3, -0.25) is 0 Å². The average molecular weight is 301 g/mol. The Morgan fingerprint density at radius 3 is 1.60 bits per heavy atom. The van der Waals surface area contributed by atoms with E-state index in [1.807, 2.05) is 0 Å². The Labute approximate surface area is 111 Å². The molecule has 0 fully saturated rings. The van der Waals surface area contributed by atoms with Gasteiger partial charge in [0.25, 0.3) is 0 Å². The molecule has 1 rings (SSSR count). The first-order valence-electron chi connectivity index (χ1n) is 5.54. The zero-order valence-electron chi connectivity index (χ0n) is 10.7. The van der Waals surface area contributed by atoms with Gasteiger partial charge in [-0.05, 0) is 32.0 Å². The van der Waals surface area contributed by atoms with Crippen LogP contribution in [0.5, 0.6) is 5.75 Å². The van der Waals surface area contributed by atoms with Crippen LogP contribution in [0.1, 0.15) is 25.0 Å². The highest BCUT2D eigenvalue weighted by Gasteiger charge is 2.37. The summed E-state index contributed by atoms with van der Waals surface area (Å²) in [7, 11) is 0. The lowest BCUT2D eigenvalue weighted by molar-refractivity contribution is -0.143. The highest BCUT2D eigenvalue weighted by molar-refractivity contribution is 5.37. The normalized spacial score (nSPS) is 13.4. The minimum atomic E-state index is -4.90. The van der Waals surface area contributed by atoms with Gasteiger partial charge in [-0.25, -0.2) is 0 Å². The summed E-state index contributed by atoms with van der Waals surface area (Å²) in [6.45, 7) is 2.85. The van der Waals surface area contributed by atoms with Gasteiger partial charge in [0.1, 0.15) is 11.4 Å². The van der Waals surface area contributed by atoms with Crippen LogP contribution in [0.3, 0.4) is 0 Å². The second-order valence-electron chi connectivity index (χ2n) is 4.81. The molecule has 0 amide bonds. The summed E-state index contributed by atoms with van der Waals surface area (Å²) in [5, 5.41) is 0. The van der Waals surface area contributed by atoms with Gasteiger partial charge in [0, 0.05) is 6.54 Å². The lowest BCUT2D eigenvalue weighted by atomic mass is 10.1. The summed E-state index contributed by atoms with van der Waals surface area (Å²) in [5.41, 5.74) is 1.41. The maximum atomic E-state index is 12.6. The van der Waals surface area contributed by atoms with Gasteiger partial charge >= 0.3 is 12.4 Å². The lowest BCUT2D eigenvalue weighted by Gasteiger charge is -2.25. The Hall–Kier alpha value is -1.44. The number of rotatable bonds is 3. The number of ether oxygens (including phenoxy) is 1. The molecule has 1 aromatic rings. The minimum absolute atomic E-state index is 0.0440. The van der Waals surface area contributed by atoms with Gasteiger partial charge in [-0.1, -0.05) is 0 Å². The van der Waals surface area contributed by atoms with Crippen LogP contribution < -0.4 is 10.5 Å². The van der Waals surface area contributed by atoms with Gasteiger partial charge in [0.15, 0.2) is 0 Å². The average Bonchev–Trinajstić information content (AvgIpc) is 2.25. The molecule has 0 unspecified atom stereocenters. The standard InChI is InChI=1S/C12H13F6NO/c1-10(2,6-19)20-9-4-7(11(13,14)15)3-8(5-9)12(16,17)18/h3-5H,6,19H2,1-2H3. The molecule has 0 saturated heterocycles. The second kappa shape index (κ2) is 5.16. The van der Waals surface area contributed by atoms with Crippen LogP contribution in [0.25, 0.3) is 0 Å². The molecule has 114 valence electrons. The molecule has 0 atom stereocenters. The molecule has 0 saturated carbocycles. The van der Waals surface area contributed by atoms with Gasteiger partial charge in [-0.2, -0.15) is 26.3 Å². The molecule has 0 heterocycles. The van der Waals surface area contributed by atoms with Crippen LogP contribution in [0.15, 0.2) is 18.2 Å². The number of halogens is 6. The molecule has 0 radical (unpaired) electrons. The fraction of sp³-hybridized carbons (Fsp3) is 0.500. The van der Waals surface area contributed by atoms with Crippen molar-refractivity contribution in [2.24, 2.45) is 5.73 Å². The summed E-state index contributed by atoms with van der Waals surface area (Å²) in [4.78, 5) is 0. The fourth-order valence-corrected chi connectivity index (χ4v) is 1.35. The Kier molecular flexibility index (Phi) is 4.28.